The van der Waals surface area contributed by atoms with E-state index >= 15 is 0 Å². The zero-order valence-electron chi connectivity index (χ0n) is 14.5. The molecule has 2 N–H and O–H groups in total. The second-order valence-electron chi connectivity index (χ2n) is 6.84. The number of benzene rings is 2. The maximum atomic E-state index is 9.79. The van der Waals surface area contributed by atoms with Crippen LogP contribution in [0.15, 0.2) is 59.5 Å². The van der Waals surface area contributed by atoms with Crippen molar-refractivity contribution < 1.29 is 5.11 Å². The summed E-state index contributed by atoms with van der Waals surface area (Å²) in [6, 6.07) is 19.6. The first kappa shape index (κ1) is 17.5. The quantitative estimate of drug-likeness (QED) is 0.821. The van der Waals surface area contributed by atoms with Crippen LogP contribution in [0, 0.1) is 0 Å². The Hall–Kier alpha value is -1.29. The molecule has 1 heterocycles. The van der Waals surface area contributed by atoms with Crippen molar-refractivity contribution in [2.45, 2.75) is 55.7 Å². The fraction of sp³-hybridized carbons (Fsp3) is 0.429. The van der Waals surface area contributed by atoms with Crippen molar-refractivity contribution in [1.82, 2.24) is 5.32 Å². The lowest BCUT2D eigenvalue weighted by atomic mass is 9.87. The molecule has 3 unspecified atom stereocenters. The van der Waals surface area contributed by atoms with Crippen LogP contribution >= 0.6 is 11.8 Å². The Morgan fingerprint density at radius 1 is 1.17 bits per heavy atom. The normalized spacial score (nSPS) is 24.9. The summed E-state index contributed by atoms with van der Waals surface area (Å²) in [7, 11) is 0. The molecule has 2 nitrogen and oxygen atoms in total. The van der Waals surface area contributed by atoms with E-state index in [-0.39, 0.29) is 17.7 Å². The van der Waals surface area contributed by atoms with E-state index in [1.165, 1.54) is 16.0 Å². The van der Waals surface area contributed by atoms with Gasteiger partial charge in [0.2, 0.25) is 0 Å². The third kappa shape index (κ3) is 3.85. The minimum absolute atomic E-state index is 0.0428. The Morgan fingerprint density at radius 3 is 2.58 bits per heavy atom. The van der Waals surface area contributed by atoms with Gasteiger partial charge in [0.1, 0.15) is 0 Å². The Morgan fingerprint density at radius 2 is 1.88 bits per heavy atom. The van der Waals surface area contributed by atoms with Gasteiger partial charge in [0.25, 0.3) is 0 Å². The molecule has 0 saturated heterocycles. The molecule has 0 radical (unpaired) electrons. The molecule has 0 saturated carbocycles. The third-order valence-corrected chi connectivity index (χ3v) is 6.41. The largest absolute Gasteiger partial charge is 0.393 e. The van der Waals surface area contributed by atoms with Gasteiger partial charge in [0.05, 0.1) is 12.1 Å². The van der Waals surface area contributed by atoms with Crippen LogP contribution in [0.25, 0.3) is 0 Å². The van der Waals surface area contributed by atoms with Gasteiger partial charge in [-0.15, -0.1) is 11.8 Å². The van der Waals surface area contributed by atoms with Gasteiger partial charge < -0.3 is 5.11 Å². The van der Waals surface area contributed by atoms with Gasteiger partial charge in [-0.3, -0.25) is 5.32 Å². The second kappa shape index (κ2) is 7.73. The molecule has 0 bridgehead atoms. The molecule has 0 aromatic heterocycles. The van der Waals surface area contributed by atoms with Gasteiger partial charge in [-0.25, -0.2) is 0 Å². The van der Waals surface area contributed by atoms with E-state index in [1.807, 2.05) is 18.7 Å². The summed E-state index contributed by atoms with van der Waals surface area (Å²) in [5.41, 5.74) is 2.71. The molecule has 1 aliphatic heterocycles. The minimum Gasteiger partial charge on any atom is -0.393 e. The SMILES string of the molecule is CCC1(CCC(C)O)CSc2ccccc2C(c2ccccc2)N1. The number of aliphatic hydroxyl groups is 1. The lowest BCUT2D eigenvalue weighted by Gasteiger charge is -2.36. The predicted molar refractivity (Wildman–Crippen MR) is 103 cm³/mol. The van der Waals surface area contributed by atoms with E-state index in [0.717, 1.165) is 25.0 Å². The molecule has 0 spiro atoms. The summed E-state index contributed by atoms with van der Waals surface area (Å²) in [4.78, 5) is 1.37. The highest BCUT2D eigenvalue weighted by molar-refractivity contribution is 7.99. The summed E-state index contributed by atoms with van der Waals surface area (Å²) >= 11 is 1.95. The first-order valence-electron chi connectivity index (χ1n) is 8.86. The molecule has 24 heavy (non-hydrogen) atoms. The highest BCUT2D eigenvalue weighted by atomic mass is 32.2. The van der Waals surface area contributed by atoms with Crippen molar-refractivity contribution in [2.24, 2.45) is 0 Å². The average molecular weight is 342 g/mol. The van der Waals surface area contributed by atoms with Gasteiger partial charge in [0, 0.05) is 16.2 Å². The highest BCUT2D eigenvalue weighted by Gasteiger charge is 2.35. The van der Waals surface area contributed by atoms with Crippen molar-refractivity contribution in [2.75, 3.05) is 5.75 Å². The molecule has 1 aliphatic rings. The van der Waals surface area contributed by atoms with Crippen molar-refractivity contribution in [3.05, 3.63) is 65.7 Å². The van der Waals surface area contributed by atoms with Crippen molar-refractivity contribution in [3.63, 3.8) is 0 Å². The van der Waals surface area contributed by atoms with E-state index in [9.17, 15) is 5.11 Å². The number of hydrogen-bond acceptors (Lipinski definition) is 3. The number of rotatable bonds is 5. The van der Waals surface area contributed by atoms with Crippen LogP contribution in [-0.4, -0.2) is 22.5 Å². The summed E-state index contributed by atoms with van der Waals surface area (Å²) in [6.45, 7) is 4.14. The maximum absolute atomic E-state index is 9.79. The van der Waals surface area contributed by atoms with Crippen molar-refractivity contribution in [1.29, 1.82) is 0 Å². The molecule has 128 valence electrons. The molecular weight excluding hydrogens is 314 g/mol. The third-order valence-electron chi connectivity index (χ3n) is 5.03. The summed E-state index contributed by atoms with van der Waals surface area (Å²) in [6.07, 6.45) is 2.63. The van der Waals surface area contributed by atoms with Gasteiger partial charge >= 0.3 is 0 Å². The molecule has 3 rings (SSSR count). The topological polar surface area (TPSA) is 32.3 Å². The average Bonchev–Trinajstić information content (AvgIpc) is 2.79. The van der Waals surface area contributed by atoms with Crippen LogP contribution in [0.3, 0.4) is 0 Å². The minimum atomic E-state index is -0.249. The molecule has 0 amide bonds. The van der Waals surface area contributed by atoms with E-state index < -0.39 is 0 Å². The Kier molecular flexibility index (Phi) is 5.65. The first-order valence-corrected chi connectivity index (χ1v) is 9.84. The highest BCUT2D eigenvalue weighted by Crippen LogP contribution is 2.40. The molecule has 3 atom stereocenters. The summed E-state index contributed by atoms with van der Waals surface area (Å²) < 4.78 is 0. The van der Waals surface area contributed by atoms with Gasteiger partial charge in [-0.05, 0) is 43.4 Å². The second-order valence-corrected chi connectivity index (χ2v) is 7.85. The molecule has 2 aromatic rings. The van der Waals surface area contributed by atoms with Crippen molar-refractivity contribution in [3.8, 4) is 0 Å². The Labute approximate surface area is 149 Å². The van der Waals surface area contributed by atoms with Crippen LogP contribution in [0.4, 0.5) is 0 Å². The van der Waals surface area contributed by atoms with E-state index in [1.54, 1.807) is 0 Å². The van der Waals surface area contributed by atoms with Crippen molar-refractivity contribution >= 4 is 11.8 Å². The zero-order valence-corrected chi connectivity index (χ0v) is 15.4. The fourth-order valence-corrected chi connectivity index (χ4v) is 4.80. The number of fused-ring (bicyclic) bond motifs is 1. The van der Waals surface area contributed by atoms with Gasteiger partial charge in [-0.2, -0.15) is 0 Å². The lowest BCUT2D eigenvalue weighted by Crippen LogP contribution is -2.48. The van der Waals surface area contributed by atoms with Crippen LogP contribution in [0.1, 0.15) is 50.3 Å². The smallest absolute Gasteiger partial charge is 0.0592 e. The molecule has 2 aromatic carbocycles. The van der Waals surface area contributed by atoms with Gasteiger partial charge in [-0.1, -0.05) is 55.5 Å². The Balaban J connectivity index is 1.99. The van der Waals surface area contributed by atoms with E-state index in [2.05, 4.69) is 66.8 Å². The number of hydrogen-bond donors (Lipinski definition) is 2. The first-order chi connectivity index (χ1) is 11.6. The number of aliphatic hydroxyl groups excluding tert-OH is 1. The molecule has 3 heteroatoms. The van der Waals surface area contributed by atoms with Crippen LogP contribution in [0.5, 0.6) is 0 Å². The Bertz CT molecular complexity index is 658. The molecule has 0 fully saturated rings. The van der Waals surface area contributed by atoms with E-state index in [0.29, 0.717) is 0 Å². The predicted octanol–water partition coefficient (Wildman–Crippen LogP) is 4.78. The van der Waals surface area contributed by atoms with Crippen LogP contribution < -0.4 is 5.32 Å². The van der Waals surface area contributed by atoms with Crippen LogP contribution in [-0.2, 0) is 0 Å². The molecular formula is C21H27NOS. The number of nitrogens with one attached hydrogen (secondary N) is 1. The van der Waals surface area contributed by atoms with Crippen LogP contribution in [0.2, 0.25) is 0 Å². The standard InChI is InChI=1S/C21H27NOS/c1-3-21(14-13-16(2)23)15-24-19-12-8-7-11-18(19)20(22-21)17-9-5-4-6-10-17/h4-12,16,20,22-23H,3,13-15H2,1-2H3. The summed E-state index contributed by atoms with van der Waals surface area (Å²) in [5, 5.41) is 13.8. The van der Waals surface area contributed by atoms with E-state index in [4.69, 9.17) is 0 Å². The van der Waals surface area contributed by atoms with Gasteiger partial charge in [0.15, 0.2) is 0 Å². The maximum Gasteiger partial charge on any atom is 0.0592 e. The number of thioether (sulfide) groups is 1. The molecule has 0 aliphatic carbocycles. The summed E-state index contributed by atoms with van der Waals surface area (Å²) in [5.74, 6) is 1.04. The fourth-order valence-electron chi connectivity index (χ4n) is 3.41. The monoisotopic (exact) mass is 341 g/mol. The lowest BCUT2D eigenvalue weighted by molar-refractivity contribution is 0.161. The zero-order chi connectivity index (χ0) is 17.0.